The molecular formula is C17H23FN2O3. The average molecular weight is 322 g/mol. The number of rotatable bonds is 5. The van der Waals surface area contributed by atoms with Gasteiger partial charge in [0.05, 0.1) is 12.7 Å². The molecule has 1 aromatic rings. The van der Waals surface area contributed by atoms with Crippen molar-refractivity contribution in [2.24, 2.45) is 0 Å². The Bertz CT molecular complexity index is 563. The fourth-order valence-corrected chi connectivity index (χ4v) is 2.59. The topological polar surface area (TPSA) is 49.9 Å². The van der Waals surface area contributed by atoms with Crippen molar-refractivity contribution in [2.75, 3.05) is 33.8 Å². The zero-order chi connectivity index (χ0) is 16.8. The van der Waals surface area contributed by atoms with Crippen molar-refractivity contribution < 1.29 is 18.7 Å². The van der Waals surface area contributed by atoms with E-state index in [0.717, 1.165) is 5.56 Å². The number of morpholine rings is 1. The average Bonchev–Trinajstić information content (AvgIpc) is 2.52. The fraction of sp³-hybridized carbons (Fsp3) is 0.529. The second-order valence-corrected chi connectivity index (χ2v) is 5.95. The van der Waals surface area contributed by atoms with E-state index in [4.69, 9.17) is 4.74 Å². The molecule has 23 heavy (non-hydrogen) atoms. The monoisotopic (exact) mass is 322 g/mol. The Balaban J connectivity index is 1.85. The van der Waals surface area contributed by atoms with Gasteiger partial charge in [0.2, 0.25) is 11.8 Å². The summed E-state index contributed by atoms with van der Waals surface area (Å²) in [6.45, 7) is 1.48. The van der Waals surface area contributed by atoms with E-state index in [9.17, 15) is 14.0 Å². The smallest absolute Gasteiger partial charge is 0.223 e. The van der Waals surface area contributed by atoms with Crippen molar-refractivity contribution in [3.63, 3.8) is 0 Å². The molecule has 0 spiro atoms. The maximum atomic E-state index is 13.2. The van der Waals surface area contributed by atoms with E-state index in [1.165, 1.54) is 17.0 Å². The van der Waals surface area contributed by atoms with Crippen LogP contribution in [0.15, 0.2) is 24.3 Å². The Morgan fingerprint density at radius 2 is 2.13 bits per heavy atom. The van der Waals surface area contributed by atoms with Crippen LogP contribution < -0.4 is 0 Å². The first kappa shape index (κ1) is 17.4. The van der Waals surface area contributed by atoms with Crippen molar-refractivity contribution in [1.29, 1.82) is 0 Å². The van der Waals surface area contributed by atoms with Gasteiger partial charge in [0, 0.05) is 46.4 Å². The van der Waals surface area contributed by atoms with E-state index >= 15 is 0 Å². The zero-order valence-corrected chi connectivity index (χ0v) is 13.6. The first-order valence-electron chi connectivity index (χ1n) is 7.79. The van der Waals surface area contributed by atoms with E-state index in [1.807, 2.05) is 6.07 Å². The second kappa shape index (κ2) is 8.06. The van der Waals surface area contributed by atoms with E-state index in [2.05, 4.69) is 0 Å². The Hall–Kier alpha value is -1.95. The normalized spacial score (nSPS) is 17.9. The Kier molecular flexibility index (Phi) is 6.10. The molecule has 0 N–H and O–H groups in total. The van der Waals surface area contributed by atoms with Gasteiger partial charge >= 0.3 is 0 Å². The lowest BCUT2D eigenvalue weighted by Gasteiger charge is -2.33. The van der Waals surface area contributed by atoms with Crippen LogP contribution in [0.25, 0.3) is 0 Å². The molecule has 2 amide bonds. The number of carbonyl (C=O) groups excluding carboxylic acids is 2. The summed E-state index contributed by atoms with van der Waals surface area (Å²) in [4.78, 5) is 27.0. The van der Waals surface area contributed by atoms with E-state index < -0.39 is 0 Å². The van der Waals surface area contributed by atoms with E-state index in [-0.39, 0.29) is 36.6 Å². The molecule has 0 saturated carbocycles. The van der Waals surface area contributed by atoms with Gasteiger partial charge in [0.15, 0.2) is 0 Å². The summed E-state index contributed by atoms with van der Waals surface area (Å²) in [5.74, 6) is -0.357. The molecule has 6 heteroatoms. The molecule has 1 aliphatic rings. The molecule has 0 aliphatic carbocycles. The number of hydrogen-bond acceptors (Lipinski definition) is 3. The van der Waals surface area contributed by atoms with Gasteiger partial charge in [-0.1, -0.05) is 12.1 Å². The Labute approximate surface area is 136 Å². The maximum Gasteiger partial charge on any atom is 0.223 e. The molecule has 1 atom stereocenters. The minimum Gasteiger partial charge on any atom is -0.374 e. The SMILES string of the molecule is CN(C)C(=O)CCC(=O)N1CCO[C@H](Cc2cccc(F)c2)C1. The van der Waals surface area contributed by atoms with Crippen LogP contribution in [-0.4, -0.2) is 61.5 Å². The van der Waals surface area contributed by atoms with Gasteiger partial charge in [-0.2, -0.15) is 0 Å². The molecule has 126 valence electrons. The number of carbonyl (C=O) groups is 2. The van der Waals surface area contributed by atoms with Crippen LogP contribution in [0.3, 0.4) is 0 Å². The highest BCUT2D eigenvalue weighted by Gasteiger charge is 2.24. The van der Waals surface area contributed by atoms with Crippen molar-refractivity contribution in [3.8, 4) is 0 Å². The van der Waals surface area contributed by atoms with Crippen molar-refractivity contribution in [2.45, 2.75) is 25.4 Å². The van der Waals surface area contributed by atoms with Crippen LogP contribution in [0.1, 0.15) is 18.4 Å². The molecule has 1 saturated heterocycles. The van der Waals surface area contributed by atoms with Crippen LogP contribution in [0, 0.1) is 5.82 Å². The number of halogens is 1. The number of amides is 2. The number of hydrogen-bond donors (Lipinski definition) is 0. The van der Waals surface area contributed by atoms with Gasteiger partial charge in [-0.15, -0.1) is 0 Å². The number of benzene rings is 1. The predicted molar refractivity (Wildman–Crippen MR) is 84.4 cm³/mol. The molecule has 0 unspecified atom stereocenters. The van der Waals surface area contributed by atoms with Gasteiger partial charge in [0.1, 0.15) is 5.82 Å². The highest BCUT2D eigenvalue weighted by atomic mass is 19.1. The second-order valence-electron chi connectivity index (χ2n) is 5.95. The summed E-state index contributed by atoms with van der Waals surface area (Å²) in [7, 11) is 3.35. The highest BCUT2D eigenvalue weighted by Crippen LogP contribution is 2.14. The third kappa shape index (κ3) is 5.32. The van der Waals surface area contributed by atoms with Crippen LogP contribution in [0.5, 0.6) is 0 Å². The first-order valence-corrected chi connectivity index (χ1v) is 7.79. The molecule has 2 rings (SSSR count). The van der Waals surface area contributed by atoms with Crippen molar-refractivity contribution >= 4 is 11.8 Å². The molecule has 1 aliphatic heterocycles. The predicted octanol–water partition coefficient (Wildman–Crippen LogP) is 1.46. The number of nitrogens with zero attached hydrogens (tertiary/aromatic N) is 2. The van der Waals surface area contributed by atoms with Crippen LogP contribution in [0.4, 0.5) is 4.39 Å². The van der Waals surface area contributed by atoms with Crippen molar-refractivity contribution in [1.82, 2.24) is 9.80 Å². The van der Waals surface area contributed by atoms with Gasteiger partial charge in [0.25, 0.3) is 0 Å². The summed E-state index contributed by atoms with van der Waals surface area (Å²) in [5, 5.41) is 0. The van der Waals surface area contributed by atoms with Gasteiger partial charge < -0.3 is 14.5 Å². The minimum absolute atomic E-state index is 0.0345. The largest absolute Gasteiger partial charge is 0.374 e. The molecule has 0 bridgehead atoms. The van der Waals surface area contributed by atoms with E-state index in [0.29, 0.717) is 26.1 Å². The van der Waals surface area contributed by atoms with Gasteiger partial charge in [-0.3, -0.25) is 9.59 Å². The summed E-state index contributed by atoms with van der Waals surface area (Å²) < 4.78 is 18.9. The summed E-state index contributed by atoms with van der Waals surface area (Å²) in [5.41, 5.74) is 0.854. The lowest BCUT2D eigenvalue weighted by Crippen LogP contribution is -2.46. The lowest BCUT2D eigenvalue weighted by atomic mass is 10.1. The molecule has 0 aromatic heterocycles. The van der Waals surface area contributed by atoms with Gasteiger partial charge in [-0.25, -0.2) is 4.39 Å². The minimum atomic E-state index is -0.270. The van der Waals surface area contributed by atoms with E-state index in [1.54, 1.807) is 25.1 Å². The Morgan fingerprint density at radius 3 is 2.83 bits per heavy atom. The molecule has 1 fully saturated rings. The maximum absolute atomic E-state index is 13.2. The van der Waals surface area contributed by atoms with Crippen LogP contribution in [0.2, 0.25) is 0 Å². The third-order valence-corrected chi connectivity index (χ3v) is 3.90. The quantitative estimate of drug-likeness (QED) is 0.825. The first-order chi connectivity index (χ1) is 11.0. The van der Waals surface area contributed by atoms with Crippen molar-refractivity contribution in [3.05, 3.63) is 35.6 Å². The zero-order valence-electron chi connectivity index (χ0n) is 13.6. The highest BCUT2D eigenvalue weighted by molar-refractivity contribution is 5.83. The molecule has 0 radical (unpaired) electrons. The lowest BCUT2D eigenvalue weighted by molar-refractivity contribution is -0.141. The molecule has 1 aromatic carbocycles. The molecule has 5 nitrogen and oxygen atoms in total. The standard InChI is InChI=1S/C17H23FN2O3/c1-19(2)16(21)6-7-17(22)20-8-9-23-15(12-20)11-13-4-3-5-14(18)10-13/h3-5,10,15H,6-9,11-12H2,1-2H3/t15-/m1/s1. The fourth-order valence-electron chi connectivity index (χ4n) is 2.59. The number of ether oxygens (including phenoxy) is 1. The summed E-state index contributed by atoms with van der Waals surface area (Å²) >= 11 is 0. The molecule has 1 heterocycles. The van der Waals surface area contributed by atoms with Crippen LogP contribution >= 0.6 is 0 Å². The summed E-state index contributed by atoms with van der Waals surface area (Å²) in [6, 6.07) is 6.41. The van der Waals surface area contributed by atoms with Crippen LogP contribution in [-0.2, 0) is 20.7 Å². The Morgan fingerprint density at radius 1 is 1.35 bits per heavy atom. The van der Waals surface area contributed by atoms with Gasteiger partial charge in [-0.05, 0) is 17.7 Å². The summed E-state index contributed by atoms with van der Waals surface area (Å²) in [6.07, 6.45) is 0.860. The third-order valence-electron chi connectivity index (χ3n) is 3.90. The molecular weight excluding hydrogens is 299 g/mol.